The van der Waals surface area contributed by atoms with Crippen LogP contribution >= 0.6 is 0 Å². The lowest BCUT2D eigenvalue weighted by Crippen LogP contribution is -2.08. The first kappa shape index (κ1) is 9.46. The molecule has 0 fully saturated rings. The minimum absolute atomic E-state index is 0.168. The molecule has 0 bridgehead atoms. The lowest BCUT2D eigenvalue weighted by Gasteiger charge is -2.09. The molecule has 2 N–H and O–H groups in total. The largest absolute Gasteiger partial charge is 0.418 e. The minimum Gasteiger partial charge on any atom is -0.398 e. The molecule has 0 saturated heterocycles. The van der Waals surface area contributed by atoms with Crippen LogP contribution in [-0.4, -0.2) is 0 Å². The monoisotopic (exact) mass is 185 g/mol. The first-order chi connectivity index (χ1) is 5.95. The van der Waals surface area contributed by atoms with Crippen molar-refractivity contribution in [2.24, 2.45) is 0 Å². The van der Waals surface area contributed by atoms with Crippen molar-refractivity contribution in [3.05, 3.63) is 29.3 Å². The van der Waals surface area contributed by atoms with Crippen LogP contribution in [0.15, 0.2) is 18.2 Å². The van der Waals surface area contributed by atoms with Gasteiger partial charge in [-0.3, -0.25) is 0 Å². The van der Waals surface area contributed by atoms with E-state index < -0.39 is 11.7 Å². The Balaban J connectivity index is 3.29. The molecule has 0 radical (unpaired) electrons. The van der Waals surface area contributed by atoms with E-state index in [9.17, 15) is 13.2 Å². The van der Waals surface area contributed by atoms with Crippen LogP contribution in [0.25, 0.3) is 0 Å². The van der Waals surface area contributed by atoms with Crippen molar-refractivity contribution in [3.63, 3.8) is 0 Å². The first-order valence-corrected chi connectivity index (χ1v) is 3.38. The fourth-order valence-corrected chi connectivity index (χ4v) is 0.892. The molecule has 0 aliphatic heterocycles. The number of alkyl halides is 3. The van der Waals surface area contributed by atoms with E-state index in [1.54, 1.807) is 0 Å². The van der Waals surface area contributed by atoms with Crippen molar-refractivity contribution < 1.29 is 13.2 Å². The molecular formula is C9H6F3N. The van der Waals surface area contributed by atoms with Crippen LogP contribution in [0, 0.1) is 12.3 Å². The second-order valence-electron chi connectivity index (χ2n) is 2.44. The number of halogens is 3. The number of hydrogen-bond acceptors (Lipinski definition) is 1. The zero-order valence-electron chi connectivity index (χ0n) is 6.52. The highest BCUT2D eigenvalue weighted by Gasteiger charge is 2.32. The number of rotatable bonds is 0. The van der Waals surface area contributed by atoms with Gasteiger partial charge < -0.3 is 5.73 Å². The van der Waals surface area contributed by atoms with Gasteiger partial charge in [-0.05, 0) is 18.2 Å². The summed E-state index contributed by atoms with van der Waals surface area (Å²) in [6.45, 7) is 0. The Labute approximate surface area is 73.4 Å². The molecule has 1 aromatic rings. The maximum atomic E-state index is 12.2. The summed E-state index contributed by atoms with van der Waals surface area (Å²) in [5, 5.41) is 0. The highest BCUT2D eigenvalue weighted by molar-refractivity contribution is 5.53. The van der Waals surface area contributed by atoms with Crippen LogP contribution in [0.5, 0.6) is 0 Å². The van der Waals surface area contributed by atoms with Gasteiger partial charge in [-0.25, -0.2) is 0 Å². The second kappa shape index (κ2) is 3.02. The standard InChI is InChI=1S/C9H6F3N/c1-2-6-3-4-8(13)7(5-6)9(10,11)12/h1,3-5H,13H2. The quantitative estimate of drug-likeness (QED) is 0.487. The van der Waals surface area contributed by atoms with Gasteiger partial charge in [-0.15, -0.1) is 6.42 Å². The molecule has 0 aliphatic rings. The molecule has 4 heteroatoms. The molecule has 0 saturated carbocycles. The van der Waals surface area contributed by atoms with Gasteiger partial charge in [-0.1, -0.05) is 5.92 Å². The Morgan fingerprint density at radius 2 is 1.92 bits per heavy atom. The highest BCUT2D eigenvalue weighted by atomic mass is 19.4. The lowest BCUT2D eigenvalue weighted by molar-refractivity contribution is -0.136. The maximum Gasteiger partial charge on any atom is 0.418 e. The van der Waals surface area contributed by atoms with Crippen LogP contribution < -0.4 is 5.73 Å². The predicted octanol–water partition coefficient (Wildman–Crippen LogP) is 2.27. The summed E-state index contributed by atoms with van der Waals surface area (Å²) >= 11 is 0. The van der Waals surface area contributed by atoms with Gasteiger partial charge in [0.1, 0.15) is 0 Å². The summed E-state index contributed by atoms with van der Waals surface area (Å²) < 4.78 is 36.6. The molecule has 1 nitrogen and oxygen atoms in total. The van der Waals surface area contributed by atoms with Crippen molar-refractivity contribution in [2.45, 2.75) is 6.18 Å². The van der Waals surface area contributed by atoms with Gasteiger partial charge in [0.2, 0.25) is 0 Å². The predicted molar refractivity (Wildman–Crippen MR) is 43.8 cm³/mol. The summed E-state index contributed by atoms with van der Waals surface area (Å²) in [7, 11) is 0. The maximum absolute atomic E-state index is 12.2. The Morgan fingerprint density at radius 3 is 2.38 bits per heavy atom. The van der Waals surface area contributed by atoms with Gasteiger partial charge >= 0.3 is 6.18 Å². The summed E-state index contributed by atoms with van der Waals surface area (Å²) in [6, 6.07) is 3.37. The third-order valence-corrected chi connectivity index (χ3v) is 1.53. The number of terminal acetylenes is 1. The van der Waals surface area contributed by atoms with E-state index in [-0.39, 0.29) is 11.3 Å². The molecular weight excluding hydrogens is 179 g/mol. The number of nitrogen functional groups attached to an aromatic ring is 1. The minimum atomic E-state index is -4.45. The average molecular weight is 185 g/mol. The Kier molecular flexibility index (Phi) is 2.20. The average Bonchev–Trinajstić information content (AvgIpc) is 2.03. The van der Waals surface area contributed by atoms with Crippen molar-refractivity contribution in [3.8, 4) is 12.3 Å². The molecule has 0 amide bonds. The van der Waals surface area contributed by atoms with Crippen molar-refractivity contribution >= 4 is 5.69 Å². The van der Waals surface area contributed by atoms with E-state index >= 15 is 0 Å². The topological polar surface area (TPSA) is 26.0 Å². The molecule has 0 spiro atoms. The van der Waals surface area contributed by atoms with E-state index in [0.717, 1.165) is 12.1 Å². The van der Waals surface area contributed by atoms with Gasteiger partial charge in [-0.2, -0.15) is 13.2 Å². The zero-order valence-corrected chi connectivity index (χ0v) is 6.52. The molecule has 0 atom stereocenters. The van der Waals surface area contributed by atoms with E-state index in [4.69, 9.17) is 12.2 Å². The molecule has 0 heterocycles. The van der Waals surface area contributed by atoms with Gasteiger partial charge in [0.25, 0.3) is 0 Å². The van der Waals surface area contributed by atoms with Crippen molar-refractivity contribution in [2.75, 3.05) is 5.73 Å². The molecule has 68 valence electrons. The van der Waals surface area contributed by atoms with Crippen LogP contribution in [0.3, 0.4) is 0 Å². The number of hydrogen-bond donors (Lipinski definition) is 1. The molecule has 0 aromatic heterocycles. The Bertz CT molecular complexity index is 360. The van der Waals surface area contributed by atoms with Crippen LogP contribution in [0.1, 0.15) is 11.1 Å². The van der Waals surface area contributed by atoms with Gasteiger partial charge in [0, 0.05) is 11.3 Å². The summed E-state index contributed by atoms with van der Waals surface area (Å²) in [5.74, 6) is 2.11. The third kappa shape index (κ3) is 1.94. The molecule has 13 heavy (non-hydrogen) atoms. The lowest BCUT2D eigenvalue weighted by atomic mass is 10.1. The molecule has 1 aromatic carbocycles. The summed E-state index contributed by atoms with van der Waals surface area (Å²) in [5.41, 5.74) is 4.11. The van der Waals surface area contributed by atoms with Gasteiger partial charge in [0.05, 0.1) is 5.56 Å². The Hall–Kier alpha value is -1.63. The van der Waals surface area contributed by atoms with E-state index in [1.165, 1.54) is 6.07 Å². The number of anilines is 1. The van der Waals surface area contributed by atoms with Crippen molar-refractivity contribution in [1.82, 2.24) is 0 Å². The van der Waals surface area contributed by atoms with Crippen LogP contribution in [0.4, 0.5) is 18.9 Å². The summed E-state index contributed by atoms with van der Waals surface area (Å²) in [4.78, 5) is 0. The number of nitrogens with two attached hydrogens (primary N) is 1. The fourth-order valence-electron chi connectivity index (χ4n) is 0.892. The Morgan fingerprint density at radius 1 is 1.31 bits per heavy atom. The van der Waals surface area contributed by atoms with E-state index in [1.807, 2.05) is 0 Å². The fraction of sp³-hybridized carbons (Fsp3) is 0.111. The normalized spacial score (nSPS) is 10.9. The SMILES string of the molecule is C#Cc1ccc(N)c(C(F)(F)F)c1. The first-order valence-electron chi connectivity index (χ1n) is 3.38. The van der Waals surface area contributed by atoms with E-state index in [0.29, 0.717) is 0 Å². The molecule has 0 aliphatic carbocycles. The zero-order chi connectivity index (χ0) is 10.1. The summed E-state index contributed by atoms with van der Waals surface area (Å²) in [6.07, 6.45) is 0.506. The smallest absolute Gasteiger partial charge is 0.398 e. The van der Waals surface area contributed by atoms with E-state index in [2.05, 4.69) is 5.92 Å². The van der Waals surface area contributed by atoms with Crippen LogP contribution in [0.2, 0.25) is 0 Å². The third-order valence-electron chi connectivity index (χ3n) is 1.53. The number of benzene rings is 1. The van der Waals surface area contributed by atoms with Crippen molar-refractivity contribution in [1.29, 1.82) is 0 Å². The molecule has 0 unspecified atom stereocenters. The van der Waals surface area contributed by atoms with Crippen LogP contribution in [-0.2, 0) is 6.18 Å². The van der Waals surface area contributed by atoms with Gasteiger partial charge in [0.15, 0.2) is 0 Å². The highest BCUT2D eigenvalue weighted by Crippen LogP contribution is 2.33. The second-order valence-corrected chi connectivity index (χ2v) is 2.44. The molecule has 1 rings (SSSR count).